The molecule has 0 saturated heterocycles. The van der Waals surface area contributed by atoms with Gasteiger partial charge in [0.1, 0.15) is 5.25 Å². The van der Waals surface area contributed by atoms with Crippen LogP contribution in [0.15, 0.2) is 47.4 Å². The number of carbonyl (C=O) groups excluding carboxylic acids is 1. The second-order valence-corrected chi connectivity index (χ2v) is 11.4. The maximum Gasteiger partial charge on any atom is 0.186 e. The largest absolute Gasteiger partial charge is 0.298 e. The maximum atomic E-state index is 13.4. The molecule has 0 aliphatic heterocycles. The van der Waals surface area contributed by atoms with Crippen LogP contribution in [0.4, 0.5) is 0 Å². The third-order valence-corrected chi connectivity index (χ3v) is 8.23. The van der Waals surface area contributed by atoms with Gasteiger partial charge in [-0.2, -0.15) is 0 Å². The van der Waals surface area contributed by atoms with Crippen LogP contribution in [0.25, 0.3) is 0 Å². The van der Waals surface area contributed by atoms with Crippen molar-refractivity contribution in [2.45, 2.75) is 35.7 Å². The lowest BCUT2D eigenvalue weighted by Crippen LogP contribution is -2.36. The molecule has 0 bridgehead atoms. The minimum absolute atomic E-state index is 0.0501. The van der Waals surface area contributed by atoms with Crippen LogP contribution >= 0.6 is 50.7 Å². The van der Waals surface area contributed by atoms with Crippen LogP contribution in [-0.2, 0) is 14.6 Å². The summed E-state index contributed by atoms with van der Waals surface area (Å²) in [5, 5.41) is -0.262. The molecule has 0 aliphatic carbocycles. The summed E-state index contributed by atoms with van der Waals surface area (Å²) in [5.74, 6) is -0.254. The topological polar surface area (TPSA) is 51.2 Å². The van der Waals surface area contributed by atoms with Crippen LogP contribution < -0.4 is 0 Å². The molecule has 0 aliphatic rings. The Morgan fingerprint density at radius 3 is 1.96 bits per heavy atom. The number of hydrogen-bond acceptors (Lipinski definition) is 3. The first kappa shape index (κ1) is 22.7. The fourth-order valence-corrected chi connectivity index (χ4v) is 6.86. The second kappa shape index (κ2) is 8.42. The van der Waals surface area contributed by atoms with Crippen molar-refractivity contribution in [1.82, 2.24) is 0 Å². The van der Waals surface area contributed by atoms with Crippen molar-refractivity contribution in [2.24, 2.45) is 5.41 Å². The third-order valence-electron chi connectivity index (χ3n) is 4.00. The van der Waals surface area contributed by atoms with Gasteiger partial charge in [0.25, 0.3) is 0 Å². The van der Waals surface area contributed by atoms with E-state index >= 15 is 0 Å². The van der Waals surface area contributed by atoms with Crippen LogP contribution in [0, 0.1) is 5.41 Å². The number of benzene rings is 2. The molecule has 0 radical (unpaired) electrons. The van der Waals surface area contributed by atoms with Crippen LogP contribution in [0.2, 0.25) is 15.1 Å². The van der Waals surface area contributed by atoms with Gasteiger partial charge in [0, 0.05) is 20.5 Å². The fourth-order valence-electron chi connectivity index (χ4n) is 2.54. The Kier molecular flexibility index (Phi) is 7.08. The molecule has 0 N–H and O–H groups in total. The van der Waals surface area contributed by atoms with E-state index in [1.807, 2.05) is 0 Å². The Morgan fingerprint density at radius 2 is 1.48 bits per heavy atom. The summed E-state index contributed by atoms with van der Waals surface area (Å²) in [5.41, 5.74) is -0.448. The monoisotopic (exact) mass is 510 g/mol. The summed E-state index contributed by atoms with van der Waals surface area (Å²) in [6.45, 7) is 5.21. The number of halogens is 4. The van der Waals surface area contributed by atoms with Gasteiger partial charge in [-0.1, -0.05) is 77.6 Å². The Hall–Kier alpha value is -0.590. The molecule has 0 spiro atoms. The highest BCUT2D eigenvalue weighted by molar-refractivity contribution is 9.10. The van der Waals surface area contributed by atoms with Gasteiger partial charge in [-0.3, -0.25) is 4.79 Å². The molecule has 27 heavy (non-hydrogen) atoms. The van der Waals surface area contributed by atoms with Crippen molar-refractivity contribution >= 4 is 66.4 Å². The van der Waals surface area contributed by atoms with Crippen molar-refractivity contribution in [1.29, 1.82) is 0 Å². The van der Waals surface area contributed by atoms with E-state index in [2.05, 4.69) is 15.9 Å². The molecule has 2 aromatic carbocycles. The van der Waals surface area contributed by atoms with E-state index in [-0.39, 0.29) is 15.7 Å². The minimum atomic E-state index is -3.96. The highest BCUT2D eigenvalue weighted by Gasteiger charge is 2.42. The molecule has 8 heteroatoms. The van der Waals surface area contributed by atoms with E-state index in [1.165, 1.54) is 36.4 Å². The highest BCUT2D eigenvalue weighted by atomic mass is 79.9. The number of rotatable bonds is 5. The lowest BCUT2D eigenvalue weighted by Gasteiger charge is -2.28. The first-order valence-corrected chi connectivity index (χ1v) is 11.6. The van der Waals surface area contributed by atoms with Crippen LogP contribution in [0.3, 0.4) is 0 Å². The third kappa shape index (κ3) is 5.07. The van der Waals surface area contributed by atoms with Crippen molar-refractivity contribution in [3.8, 4) is 0 Å². The summed E-state index contributed by atoms with van der Waals surface area (Å²) in [6.07, 6.45) is 0. The predicted octanol–water partition coefficient (Wildman–Crippen LogP) is 6.54. The van der Waals surface area contributed by atoms with Gasteiger partial charge in [-0.25, -0.2) is 8.42 Å². The Labute approximate surface area is 183 Å². The molecule has 3 nitrogen and oxygen atoms in total. The first-order valence-electron chi connectivity index (χ1n) is 7.98. The highest BCUT2D eigenvalue weighted by Crippen LogP contribution is 2.42. The van der Waals surface area contributed by atoms with Gasteiger partial charge in [0.15, 0.2) is 15.6 Å². The van der Waals surface area contributed by atoms with Crippen molar-refractivity contribution in [3.05, 3.63) is 63.1 Å². The molecular weight excluding hydrogens is 495 g/mol. The number of sulfone groups is 1. The molecule has 0 fully saturated rings. The van der Waals surface area contributed by atoms with Gasteiger partial charge in [0.2, 0.25) is 0 Å². The summed E-state index contributed by atoms with van der Waals surface area (Å²) in [7, 11) is -3.96. The van der Waals surface area contributed by atoms with E-state index in [4.69, 9.17) is 34.8 Å². The van der Waals surface area contributed by atoms with Crippen molar-refractivity contribution in [2.75, 3.05) is 0 Å². The summed E-state index contributed by atoms with van der Waals surface area (Å²) in [4.78, 5) is 11.9. The van der Waals surface area contributed by atoms with Gasteiger partial charge in [0.05, 0.1) is 9.72 Å². The SMILES string of the molecule is CC(C)(C)C(=O)C(Br)C(c1ccc(Cl)cc1Cl)S(=O)(=O)c1ccc(Cl)cc1. The molecule has 146 valence electrons. The van der Waals surface area contributed by atoms with Gasteiger partial charge >= 0.3 is 0 Å². The first-order chi connectivity index (χ1) is 12.4. The van der Waals surface area contributed by atoms with Gasteiger partial charge in [-0.15, -0.1) is 0 Å². The summed E-state index contributed by atoms with van der Waals surface area (Å²) < 4.78 is 26.9. The second-order valence-electron chi connectivity index (χ2n) is 7.10. The summed E-state index contributed by atoms with van der Waals surface area (Å²) in [6, 6.07) is 10.4. The molecule has 0 amide bonds. The van der Waals surface area contributed by atoms with E-state index in [0.29, 0.717) is 15.6 Å². The quantitative estimate of drug-likeness (QED) is 0.428. The van der Waals surface area contributed by atoms with Crippen LogP contribution in [-0.4, -0.2) is 19.0 Å². The van der Waals surface area contributed by atoms with E-state index in [0.717, 1.165) is 0 Å². The van der Waals surface area contributed by atoms with Gasteiger partial charge < -0.3 is 0 Å². The molecule has 2 atom stereocenters. The van der Waals surface area contributed by atoms with Crippen LogP contribution in [0.1, 0.15) is 31.6 Å². The maximum absolute atomic E-state index is 13.4. The number of Topliss-reactive ketones (excluding diaryl/α,β-unsaturated/α-hetero) is 1. The minimum Gasteiger partial charge on any atom is -0.298 e. The number of ketones is 1. The average Bonchev–Trinajstić information content (AvgIpc) is 2.55. The normalized spacial score (nSPS) is 14.6. The van der Waals surface area contributed by atoms with E-state index in [9.17, 15) is 13.2 Å². The molecule has 2 aromatic rings. The Morgan fingerprint density at radius 1 is 0.963 bits per heavy atom. The molecular formula is C19H18BrCl3O3S. The molecule has 0 saturated carbocycles. The van der Waals surface area contributed by atoms with E-state index < -0.39 is 25.3 Å². The van der Waals surface area contributed by atoms with Crippen molar-refractivity contribution < 1.29 is 13.2 Å². The fraction of sp³-hybridized carbons (Fsp3) is 0.316. The zero-order chi connectivity index (χ0) is 20.6. The number of alkyl halides is 1. The number of hydrogen-bond donors (Lipinski definition) is 0. The van der Waals surface area contributed by atoms with Gasteiger partial charge in [-0.05, 0) is 42.0 Å². The standard InChI is InChI=1S/C19H18BrCl3O3S/c1-19(2,3)18(24)16(20)17(14-9-6-12(22)10-15(14)23)27(25,26)13-7-4-11(21)5-8-13/h4-10,16-17H,1-3H3. The molecule has 2 rings (SSSR count). The predicted molar refractivity (Wildman–Crippen MR) is 115 cm³/mol. The molecule has 0 aromatic heterocycles. The van der Waals surface area contributed by atoms with Crippen LogP contribution in [0.5, 0.6) is 0 Å². The lowest BCUT2D eigenvalue weighted by molar-refractivity contribution is -0.125. The summed E-state index contributed by atoms with van der Waals surface area (Å²) >= 11 is 21.5. The van der Waals surface area contributed by atoms with Crippen molar-refractivity contribution in [3.63, 3.8) is 0 Å². The smallest absolute Gasteiger partial charge is 0.186 e. The van der Waals surface area contributed by atoms with E-state index in [1.54, 1.807) is 26.8 Å². The zero-order valence-corrected chi connectivity index (χ0v) is 19.5. The number of carbonyl (C=O) groups is 1. The zero-order valence-electron chi connectivity index (χ0n) is 14.8. The molecule has 0 heterocycles. The average molecular weight is 513 g/mol. The molecule has 2 unspecified atom stereocenters. The Bertz CT molecular complexity index is 951. The lowest BCUT2D eigenvalue weighted by atomic mass is 9.87. The Balaban J connectivity index is 2.69.